The van der Waals surface area contributed by atoms with Crippen LogP contribution in [0.2, 0.25) is 0 Å². The van der Waals surface area contributed by atoms with Crippen LogP contribution in [0.25, 0.3) is 0 Å². The van der Waals surface area contributed by atoms with Crippen molar-refractivity contribution in [1.82, 2.24) is 0 Å². The molecular formula is C16H23ClO3. The highest BCUT2D eigenvalue weighted by atomic mass is 35.5. The lowest BCUT2D eigenvalue weighted by Crippen LogP contribution is -2.13. The van der Waals surface area contributed by atoms with Crippen LogP contribution >= 0.6 is 11.6 Å². The molecule has 0 amide bonds. The molecule has 3 unspecified atom stereocenters. The fraction of sp³-hybridized carbons (Fsp3) is 0.625. The fourth-order valence-corrected chi connectivity index (χ4v) is 3.72. The topological polar surface area (TPSA) is 27.7 Å². The molecule has 3 nitrogen and oxygen atoms in total. The van der Waals surface area contributed by atoms with Gasteiger partial charge in [0.2, 0.25) is 0 Å². The molecule has 1 aromatic carbocycles. The third-order valence-electron chi connectivity index (χ3n) is 4.33. The SMILES string of the molecule is COc1cc(OC)c(C(Cl)C2CCCC2C)c(OC)c1. The van der Waals surface area contributed by atoms with E-state index in [2.05, 4.69) is 6.92 Å². The summed E-state index contributed by atoms with van der Waals surface area (Å²) in [6, 6.07) is 3.74. The lowest BCUT2D eigenvalue weighted by atomic mass is 9.89. The highest BCUT2D eigenvalue weighted by Crippen LogP contribution is 2.49. The van der Waals surface area contributed by atoms with E-state index >= 15 is 0 Å². The molecule has 2 rings (SSSR count). The summed E-state index contributed by atoms with van der Waals surface area (Å²) in [5.74, 6) is 3.29. The van der Waals surface area contributed by atoms with E-state index in [1.54, 1.807) is 21.3 Å². The number of ether oxygens (including phenoxy) is 3. The van der Waals surface area contributed by atoms with Crippen LogP contribution in [0.1, 0.15) is 37.1 Å². The fourth-order valence-electron chi connectivity index (χ4n) is 3.13. The van der Waals surface area contributed by atoms with Crippen molar-refractivity contribution in [2.75, 3.05) is 21.3 Å². The first-order valence-corrected chi connectivity index (χ1v) is 7.50. The van der Waals surface area contributed by atoms with Crippen molar-refractivity contribution in [3.63, 3.8) is 0 Å². The average Bonchev–Trinajstić information content (AvgIpc) is 2.91. The van der Waals surface area contributed by atoms with Gasteiger partial charge in [0.05, 0.1) is 32.3 Å². The summed E-state index contributed by atoms with van der Waals surface area (Å²) in [4.78, 5) is 0. The van der Waals surface area contributed by atoms with Crippen LogP contribution in [0, 0.1) is 11.8 Å². The molecule has 1 aromatic rings. The third kappa shape index (κ3) is 2.83. The minimum absolute atomic E-state index is 0.0942. The quantitative estimate of drug-likeness (QED) is 0.753. The summed E-state index contributed by atoms with van der Waals surface area (Å²) in [6.45, 7) is 2.27. The predicted octanol–water partition coefficient (Wildman–Crippen LogP) is 4.43. The molecule has 112 valence electrons. The number of hydrogen-bond donors (Lipinski definition) is 0. The molecule has 0 aromatic heterocycles. The van der Waals surface area contributed by atoms with Gasteiger partial charge in [-0.25, -0.2) is 0 Å². The molecule has 0 aliphatic heterocycles. The minimum Gasteiger partial charge on any atom is -0.496 e. The molecule has 0 heterocycles. The first kappa shape index (κ1) is 15.3. The van der Waals surface area contributed by atoms with E-state index in [0.717, 1.165) is 23.5 Å². The highest BCUT2D eigenvalue weighted by Gasteiger charge is 2.34. The van der Waals surface area contributed by atoms with Gasteiger partial charge in [-0.3, -0.25) is 0 Å². The normalized spacial score (nSPS) is 23.4. The zero-order valence-electron chi connectivity index (χ0n) is 12.6. The van der Waals surface area contributed by atoms with Crippen LogP contribution in [0.4, 0.5) is 0 Å². The summed E-state index contributed by atoms with van der Waals surface area (Å²) in [7, 11) is 4.93. The van der Waals surface area contributed by atoms with Gasteiger partial charge in [-0.15, -0.1) is 11.6 Å². The molecule has 0 spiro atoms. The Balaban J connectivity index is 2.42. The Morgan fingerprint density at radius 2 is 1.65 bits per heavy atom. The zero-order chi connectivity index (χ0) is 14.7. The monoisotopic (exact) mass is 298 g/mol. The Bertz CT molecular complexity index is 436. The molecule has 20 heavy (non-hydrogen) atoms. The van der Waals surface area contributed by atoms with Gasteiger partial charge in [0, 0.05) is 12.1 Å². The Hall–Kier alpha value is -1.09. The van der Waals surface area contributed by atoms with Crippen molar-refractivity contribution >= 4 is 11.6 Å². The molecule has 0 N–H and O–H groups in total. The van der Waals surface area contributed by atoms with Crippen molar-refractivity contribution in [2.24, 2.45) is 11.8 Å². The van der Waals surface area contributed by atoms with Crippen LogP contribution in [0.15, 0.2) is 12.1 Å². The largest absolute Gasteiger partial charge is 0.496 e. The molecule has 1 aliphatic carbocycles. The van der Waals surface area contributed by atoms with Crippen LogP contribution in [0.5, 0.6) is 17.2 Å². The smallest absolute Gasteiger partial charge is 0.130 e. The van der Waals surface area contributed by atoms with Gasteiger partial charge in [-0.1, -0.05) is 19.8 Å². The maximum absolute atomic E-state index is 6.77. The molecule has 4 heteroatoms. The number of halogens is 1. The summed E-state index contributed by atoms with van der Waals surface area (Å²) in [6.07, 6.45) is 3.65. The van der Waals surface area contributed by atoms with Crippen LogP contribution in [-0.2, 0) is 0 Å². The number of benzene rings is 1. The van der Waals surface area contributed by atoms with E-state index < -0.39 is 0 Å². The average molecular weight is 299 g/mol. The van der Waals surface area contributed by atoms with E-state index in [9.17, 15) is 0 Å². The van der Waals surface area contributed by atoms with Crippen LogP contribution in [0.3, 0.4) is 0 Å². The van der Waals surface area contributed by atoms with E-state index in [1.807, 2.05) is 12.1 Å². The minimum atomic E-state index is -0.0942. The Kier molecular flexibility index (Phi) is 5.03. The van der Waals surface area contributed by atoms with Crippen LogP contribution in [-0.4, -0.2) is 21.3 Å². The number of rotatable bonds is 5. The standard InChI is InChI=1S/C16H23ClO3/c1-10-6-5-7-12(10)16(17)15-13(19-3)8-11(18-2)9-14(15)20-4/h8-10,12,16H,5-7H2,1-4H3. The van der Waals surface area contributed by atoms with Gasteiger partial charge >= 0.3 is 0 Å². The first-order valence-electron chi connectivity index (χ1n) is 7.06. The Morgan fingerprint density at radius 3 is 2.05 bits per heavy atom. The second-order valence-corrected chi connectivity index (χ2v) is 5.89. The lowest BCUT2D eigenvalue weighted by molar-refractivity contribution is 0.349. The van der Waals surface area contributed by atoms with Gasteiger partial charge in [0.25, 0.3) is 0 Å². The number of hydrogen-bond acceptors (Lipinski definition) is 3. The van der Waals surface area contributed by atoms with E-state index in [-0.39, 0.29) is 5.38 Å². The van der Waals surface area contributed by atoms with Gasteiger partial charge in [0.1, 0.15) is 17.2 Å². The van der Waals surface area contributed by atoms with Crippen molar-refractivity contribution in [3.05, 3.63) is 17.7 Å². The maximum atomic E-state index is 6.77. The summed E-state index contributed by atoms with van der Waals surface area (Å²) >= 11 is 6.77. The van der Waals surface area contributed by atoms with Crippen molar-refractivity contribution < 1.29 is 14.2 Å². The summed E-state index contributed by atoms with van der Waals surface area (Å²) in [5.41, 5.74) is 0.941. The second kappa shape index (κ2) is 6.57. The third-order valence-corrected chi connectivity index (χ3v) is 4.87. The molecule has 3 atom stereocenters. The molecule has 1 aliphatic rings. The predicted molar refractivity (Wildman–Crippen MR) is 81.2 cm³/mol. The molecular weight excluding hydrogens is 276 g/mol. The van der Waals surface area contributed by atoms with Gasteiger partial charge in [0.15, 0.2) is 0 Å². The zero-order valence-corrected chi connectivity index (χ0v) is 13.4. The van der Waals surface area contributed by atoms with Gasteiger partial charge in [-0.2, -0.15) is 0 Å². The van der Waals surface area contributed by atoms with Gasteiger partial charge in [-0.05, 0) is 18.3 Å². The molecule has 1 saturated carbocycles. The summed E-state index contributed by atoms with van der Waals surface area (Å²) in [5, 5.41) is -0.0942. The maximum Gasteiger partial charge on any atom is 0.130 e. The number of methoxy groups -OCH3 is 3. The summed E-state index contributed by atoms with van der Waals surface area (Å²) < 4.78 is 16.3. The van der Waals surface area contributed by atoms with E-state index in [0.29, 0.717) is 17.6 Å². The molecule has 0 radical (unpaired) electrons. The van der Waals surface area contributed by atoms with Crippen molar-refractivity contribution in [1.29, 1.82) is 0 Å². The lowest BCUT2D eigenvalue weighted by Gasteiger charge is -2.25. The Labute approximate surface area is 126 Å². The molecule has 1 fully saturated rings. The first-order chi connectivity index (χ1) is 9.62. The van der Waals surface area contributed by atoms with E-state index in [1.165, 1.54) is 12.8 Å². The van der Waals surface area contributed by atoms with Crippen LogP contribution < -0.4 is 14.2 Å². The molecule has 0 saturated heterocycles. The van der Waals surface area contributed by atoms with E-state index in [4.69, 9.17) is 25.8 Å². The van der Waals surface area contributed by atoms with Crippen molar-refractivity contribution in [3.8, 4) is 17.2 Å². The second-order valence-electron chi connectivity index (χ2n) is 5.42. The molecule has 0 bridgehead atoms. The Morgan fingerprint density at radius 1 is 1.05 bits per heavy atom. The van der Waals surface area contributed by atoms with Crippen molar-refractivity contribution in [2.45, 2.75) is 31.6 Å². The van der Waals surface area contributed by atoms with Gasteiger partial charge < -0.3 is 14.2 Å². The number of alkyl halides is 1. The highest BCUT2D eigenvalue weighted by molar-refractivity contribution is 6.21.